The zero-order chi connectivity index (χ0) is 15.0. The molecule has 0 saturated heterocycles. The lowest BCUT2D eigenvalue weighted by Gasteiger charge is -2.12. The molecule has 0 radical (unpaired) electrons. The third-order valence-corrected chi connectivity index (χ3v) is 4.53. The molecular weight excluding hydrogens is 276 g/mol. The Morgan fingerprint density at radius 1 is 1.25 bits per heavy atom. The Labute approximate surface area is 122 Å². The molecule has 1 unspecified atom stereocenters. The van der Waals surface area contributed by atoms with Gasteiger partial charge in [0.1, 0.15) is 11.5 Å². The van der Waals surface area contributed by atoms with E-state index >= 15 is 0 Å². The Morgan fingerprint density at radius 3 is 2.60 bits per heavy atom. The van der Waals surface area contributed by atoms with Crippen LogP contribution in [-0.4, -0.2) is 27.3 Å². The van der Waals surface area contributed by atoms with Gasteiger partial charge in [0.25, 0.3) is 0 Å². The number of aryl methyl sites for hydroxylation is 1. The van der Waals surface area contributed by atoms with Gasteiger partial charge in [-0.05, 0) is 58.3 Å². The number of hydrogen-bond donors (Lipinski definition) is 2. The van der Waals surface area contributed by atoms with Crippen LogP contribution >= 0.6 is 0 Å². The van der Waals surface area contributed by atoms with E-state index in [0.717, 1.165) is 31.7 Å². The second kappa shape index (κ2) is 8.44. The van der Waals surface area contributed by atoms with E-state index in [0.29, 0.717) is 12.2 Å². The van der Waals surface area contributed by atoms with Crippen LogP contribution in [0, 0.1) is 6.92 Å². The zero-order valence-corrected chi connectivity index (χ0v) is 13.4. The zero-order valence-electron chi connectivity index (χ0n) is 12.6. The first-order chi connectivity index (χ1) is 9.44. The van der Waals surface area contributed by atoms with E-state index in [9.17, 15) is 8.42 Å². The van der Waals surface area contributed by atoms with Crippen LogP contribution in [0.3, 0.4) is 0 Å². The molecule has 5 nitrogen and oxygen atoms in total. The molecule has 1 atom stereocenters. The molecule has 0 fully saturated rings. The first kappa shape index (κ1) is 17.2. The third-order valence-electron chi connectivity index (χ3n) is 2.99. The Bertz CT molecular complexity index is 482. The van der Waals surface area contributed by atoms with Crippen molar-refractivity contribution in [1.82, 2.24) is 10.0 Å². The van der Waals surface area contributed by atoms with Crippen molar-refractivity contribution in [3.8, 4) is 0 Å². The number of furan rings is 1. The Hall–Kier alpha value is -0.850. The van der Waals surface area contributed by atoms with Gasteiger partial charge in [0.2, 0.25) is 10.0 Å². The van der Waals surface area contributed by atoms with Crippen LogP contribution in [0.15, 0.2) is 16.5 Å². The van der Waals surface area contributed by atoms with Crippen molar-refractivity contribution in [3.05, 3.63) is 23.7 Å². The first-order valence-electron chi connectivity index (χ1n) is 7.21. The van der Waals surface area contributed by atoms with E-state index in [-0.39, 0.29) is 11.8 Å². The number of unbranched alkanes of at least 4 members (excludes halogenated alkanes) is 1. The molecule has 0 aromatic carbocycles. The summed E-state index contributed by atoms with van der Waals surface area (Å²) in [5.41, 5.74) is 0. The highest BCUT2D eigenvalue weighted by molar-refractivity contribution is 7.89. The quantitative estimate of drug-likeness (QED) is 0.651. The van der Waals surface area contributed by atoms with Gasteiger partial charge in [-0.3, -0.25) is 0 Å². The van der Waals surface area contributed by atoms with Gasteiger partial charge >= 0.3 is 0 Å². The summed E-state index contributed by atoms with van der Waals surface area (Å²) >= 11 is 0. The SMILES string of the molecule is CCCNCCCCS(=O)(=O)NC(C)c1ccc(C)o1. The summed E-state index contributed by atoms with van der Waals surface area (Å²) in [6.45, 7) is 7.60. The molecule has 2 N–H and O–H groups in total. The van der Waals surface area contributed by atoms with Gasteiger partial charge in [0, 0.05) is 0 Å². The maximum absolute atomic E-state index is 11.9. The van der Waals surface area contributed by atoms with Gasteiger partial charge in [0.05, 0.1) is 11.8 Å². The smallest absolute Gasteiger partial charge is 0.212 e. The van der Waals surface area contributed by atoms with Gasteiger partial charge in [0.15, 0.2) is 0 Å². The highest BCUT2D eigenvalue weighted by Crippen LogP contribution is 2.16. The minimum absolute atomic E-state index is 0.158. The van der Waals surface area contributed by atoms with Crippen molar-refractivity contribution in [3.63, 3.8) is 0 Å². The minimum atomic E-state index is -3.25. The summed E-state index contributed by atoms with van der Waals surface area (Å²) in [7, 11) is -3.25. The van der Waals surface area contributed by atoms with Gasteiger partial charge in [-0.25, -0.2) is 13.1 Å². The monoisotopic (exact) mass is 302 g/mol. The number of rotatable bonds is 10. The molecule has 0 spiro atoms. The molecule has 0 amide bonds. The van der Waals surface area contributed by atoms with Crippen LogP contribution in [0.2, 0.25) is 0 Å². The van der Waals surface area contributed by atoms with E-state index in [2.05, 4.69) is 17.0 Å². The normalized spacial score (nSPS) is 13.6. The first-order valence-corrected chi connectivity index (χ1v) is 8.87. The van der Waals surface area contributed by atoms with Crippen molar-refractivity contribution in [2.24, 2.45) is 0 Å². The summed E-state index contributed by atoms with van der Waals surface area (Å²) < 4.78 is 31.9. The van der Waals surface area contributed by atoms with Crippen LogP contribution in [-0.2, 0) is 10.0 Å². The molecular formula is C14H26N2O3S. The largest absolute Gasteiger partial charge is 0.465 e. The molecule has 20 heavy (non-hydrogen) atoms. The molecule has 0 bridgehead atoms. The van der Waals surface area contributed by atoms with Crippen molar-refractivity contribution < 1.29 is 12.8 Å². The summed E-state index contributed by atoms with van der Waals surface area (Å²) in [5, 5.41) is 3.26. The van der Waals surface area contributed by atoms with Crippen LogP contribution in [0.25, 0.3) is 0 Å². The second-order valence-electron chi connectivity index (χ2n) is 5.06. The van der Waals surface area contributed by atoms with E-state index in [1.807, 2.05) is 13.0 Å². The number of hydrogen-bond acceptors (Lipinski definition) is 4. The Balaban J connectivity index is 2.30. The molecule has 0 aliphatic heterocycles. The molecule has 0 saturated carbocycles. The van der Waals surface area contributed by atoms with E-state index in [1.165, 1.54) is 0 Å². The summed E-state index contributed by atoms with van der Waals surface area (Å²) in [4.78, 5) is 0. The molecule has 0 aliphatic rings. The van der Waals surface area contributed by atoms with Crippen LogP contribution < -0.4 is 10.0 Å². The Kier molecular flexibility index (Phi) is 7.26. The lowest BCUT2D eigenvalue weighted by molar-refractivity contribution is 0.441. The van der Waals surface area contributed by atoms with Crippen molar-refractivity contribution >= 4 is 10.0 Å². The fourth-order valence-electron chi connectivity index (χ4n) is 1.92. The minimum Gasteiger partial charge on any atom is -0.465 e. The van der Waals surface area contributed by atoms with E-state index in [1.54, 1.807) is 13.0 Å². The van der Waals surface area contributed by atoms with E-state index < -0.39 is 10.0 Å². The molecule has 1 heterocycles. The van der Waals surface area contributed by atoms with Crippen molar-refractivity contribution in [2.75, 3.05) is 18.8 Å². The predicted octanol–water partition coefficient (Wildman–Crippen LogP) is 2.35. The topological polar surface area (TPSA) is 71.3 Å². The fraction of sp³-hybridized carbons (Fsp3) is 0.714. The highest BCUT2D eigenvalue weighted by atomic mass is 32.2. The lowest BCUT2D eigenvalue weighted by atomic mass is 10.3. The molecule has 6 heteroatoms. The van der Waals surface area contributed by atoms with Gasteiger partial charge in [-0.15, -0.1) is 0 Å². The molecule has 0 aliphatic carbocycles. The van der Waals surface area contributed by atoms with Crippen LogP contribution in [0.5, 0.6) is 0 Å². The summed E-state index contributed by atoms with van der Waals surface area (Å²) in [6, 6.07) is 3.31. The van der Waals surface area contributed by atoms with Crippen molar-refractivity contribution in [2.45, 2.75) is 46.1 Å². The highest BCUT2D eigenvalue weighted by Gasteiger charge is 2.17. The Morgan fingerprint density at radius 2 is 2.00 bits per heavy atom. The second-order valence-corrected chi connectivity index (χ2v) is 6.94. The van der Waals surface area contributed by atoms with Crippen LogP contribution in [0.1, 0.15) is 50.7 Å². The molecule has 1 rings (SSSR count). The summed E-state index contributed by atoms with van der Waals surface area (Å²) in [5.74, 6) is 1.59. The summed E-state index contributed by atoms with van der Waals surface area (Å²) in [6.07, 6.45) is 2.63. The van der Waals surface area contributed by atoms with Crippen molar-refractivity contribution in [1.29, 1.82) is 0 Å². The number of sulfonamides is 1. The van der Waals surface area contributed by atoms with Gasteiger partial charge < -0.3 is 9.73 Å². The van der Waals surface area contributed by atoms with Gasteiger partial charge in [-0.1, -0.05) is 6.92 Å². The van der Waals surface area contributed by atoms with E-state index in [4.69, 9.17) is 4.42 Å². The standard InChI is InChI=1S/C14H26N2O3S/c1-4-9-15-10-5-6-11-20(17,18)16-13(3)14-8-7-12(2)19-14/h7-8,13,15-16H,4-6,9-11H2,1-3H3. The number of nitrogens with one attached hydrogen (secondary N) is 2. The predicted molar refractivity (Wildman–Crippen MR) is 81.2 cm³/mol. The third kappa shape index (κ3) is 6.54. The maximum Gasteiger partial charge on any atom is 0.212 e. The lowest BCUT2D eigenvalue weighted by Crippen LogP contribution is -2.29. The molecule has 1 aromatic heterocycles. The molecule has 116 valence electrons. The fourth-order valence-corrected chi connectivity index (χ4v) is 3.27. The average molecular weight is 302 g/mol. The maximum atomic E-state index is 11.9. The van der Waals surface area contributed by atoms with Crippen LogP contribution in [0.4, 0.5) is 0 Å². The average Bonchev–Trinajstić information content (AvgIpc) is 2.80. The van der Waals surface area contributed by atoms with Gasteiger partial charge in [-0.2, -0.15) is 0 Å². The molecule has 1 aromatic rings.